The van der Waals surface area contributed by atoms with Crippen molar-refractivity contribution < 1.29 is 27.8 Å². The first kappa shape index (κ1) is 23.7. The Bertz CT molecular complexity index is 1010. The fourth-order valence-electron chi connectivity index (χ4n) is 4.23. The number of aromatic nitrogens is 1. The van der Waals surface area contributed by atoms with Crippen LogP contribution < -0.4 is 10.1 Å². The number of hydrogen-bond donors (Lipinski definition) is 2. The van der Waals surface area contributed by atoms with Gasteiger partial charge in [0.1, 0.15) is 5.75 Å². The quantitative estimate of drug-likeness (QED) is 0.467. The van der Waals surface area contributed by atoms with E-state index < -0.39 is 12.1 Å². The van der Waals surface area contributed by atoms with Crippen LogP contribution in [0.4, 0.5) is 18.9 Å². The standard InChI is InChI=1S/C21H26F3N5O3S/c22-21(23,24)32-15-6-7-17-16(12-15)18(19(30)29(17)13-28-8-10-31-11-9-28)26-27-20(33)25-14-4-2-1-3-5-14/h6-7,12,14,30H,1-5,8-11,13H2,(H,25,33). The minimum absolute atomic E-state index is 0.0404. The van der Waals surface area contributed by atoms with E-state index in [0.29, 0.717) is 38.5 Å². The second kappa shape index (κ2) is 10.2. The Kier molecular flexibility index (Phi) is 7.35. The third-order valence-corrected chi connectivity index (χ3v) is 6.03. The number of thiocarbonyl (C=S) groups is 1. The molecule has 12 heteroatoms. The van der Waals surface area contributed by atoms with Gasteiger partial charge in [-0.2, -0.15) is 0 Å². The summed E-state index contributed by atoms with van der Waals surface area (Å²) >= 11 is 5.28. The van der Waals surface area contributed by atoms with Crippen LogP contribution >= 0.6 is 12.2 Å². The molecule has 1 aliphatic carbocycles. The van der Waals surface area contributed by atoms with Crippen LogP contribution in [0.2, 0.25) is 0 Å². The largest absolute Gasteiger partial charge is 0.573 e. The van der Waals surface area contributed by atoms with Gasteiger partial charge in [-0.15, -0.1) is 23.4 Å². The van der Waals surface area contributed by atoms with Crippen molar-refractivity contribution in [2.45, 2.75) is 51.2 Å². The molecule has 33 heavy (non-hydrogen) atoms. The number of nitrogens with zero attached hydrogens (tertiary/aromatic N) is 4. The lowest BCUT2D eigenvalue weighted by Crippen LogP contribution is -2.37. The zero-order chi connectivity index (χ0) is 23.4. The van der Waals surface area contributed by atoms with Crippen LogP contribution in [0.1, 0.15) is 32.1 Å². The van der Waals surface area contributed by atoms with Crippen molar-refractivity contribution in [3.05, 3.63) is 18.2 Å². The Morgan fingerprint density at radius 1 is 1.21 bits per heavy atom. The average Bonchev–Trinajstić information content (AvgIpc) is 3.03. The number of ether oxygens (including phenoxy) is 2. The van der Waals surface area contributed by atoms with Crippen molar-refractivity contribution in [3.8, 4) is 11.6 Å². The second-order valence-electron chi connectivity index (χ2n) is 8.18. The molecular formula is C21H26F3N5O3S. The Labute approximate surface area is 194 Å². The summed E-state index contributed by atoms with van der Waals surface area (Å²) in [4.78, 5) is 2.07. The molecule has 2 N–H and O–H groups in total. The smallest absolute Gasteiger partial charge is 0.493 e. The van der Waals surface area contributed by atoms with Gasteiger partial charge >= 0.3 is 6.36 Å². The van der Waals surface area contributed by atoms with Crippen molar-refractivity contribution in [1.82, 2.24) is 14.8 Å². The van der Waals surface area contributed by atoms with Gasteiger partial charge in [0.05, 0.1) is 25.4 Å². The summed E-state index contributed by atoms with van der Waals surface area (Å²) in [6, 6.07) is 4.10. The number of hydrogen-bond acceptors (Lipinski definition) is 6. The maximum atomic E-state index is 12.7. The second-order valence-corrected chi connectivity index (χ2v) is 8.57. The Hall–Kier alpha value is -2.44. The van der Waals surface area contributed by atoms with Crippen molar-refractivity contribution >= 4 is 33.9 Å². The lowest BCUT2D eigenvalue weighted by atomic mass is 9.96. The topological polar surface area (TPSA) is 83.6 Å². The molecule has 2 aromatic rings. The zero-order valence-corrected chi connectivity index (χ0v) is 18.8. The van der Waals surface area contributed by atoms with E-state index in [2.05, 4.69) is 25.2 Å². The number of nitrogens with one attached hydrogen (secondary N) is 1. The Morgan fingerprint density at radius 3 is 2.64 bits per heavy atom. The third-order valence-electron chi connectivity index (χ3n) is 5.83. The van der Waals surface area contributed by atoms with Gasteiger partial charge < -0.3 is 19.9 Å². The maximum absolute atomic E-state index is 12.7. The molecule has 0 amide bonds. The SMILES string of the molecule is Oc1c(N=NC(=S)NC2CCCCC2)c2cc(OC(F)(F)F)ccc2n1CN1CCOCC1. The van der Waals surface area contributed by atoms with E-state index >= 15 is 0 Å². The predicted molar refractivity (Wildman–Crippen MR) is 120 cm³/mol. The molecule has 2 aliphatic rings. The molecule has 1 aromatic carbocycles. The van der Waals surface area contributed by atoms with Crippen LogP contribution in [-0.4, -0.2) is 58.4 Å². The first-order valence-corrected chi connectivity index (χ1v) is 11.3. The molecule has 180 valence electrons. The molecule has 2 fully saturated rings. The van der Waals surface area contributed by atoms with Crippen LogP contribution in [0.15, 0.2) is 28.4 Å². The van der Waals surface area contributed by atoms with E-state index in [1.807, 2.05) is 0 Å². The van der Waals surface area contributed by atoms with Crippen molar-refractivity contribution in [2.75, 3.05) is 26.3 Å². The number of rotatable bonds is 5. The van der Waals surface area contributed by atoms with E-state index in [4.69, 9.17) is 17.0 Å². The molecule has 1 saturated carbocycles. The average molecular weight is 486 g/mol. The molecule has 0 atom stereocenters. The minimum Gasteiger partial charge on any atom is -0.493 e. The van der Waals surface area contributed by atoms with Crippen molar-refractivity contribution in [1.29, 1.82) is 0 Å². The fourth-order valence-corrected chi connectivity index (χ4v) is 4.44. The first-order valence-electron chi connectivity index (χ1n) is 10.9. The Balaban J connectivity index is 1.63. The van der Waals surface area contributed by atoms with E-state index in [-0.39, 0.29) is 28.1 Å². The molecule has 0 radical (unpaired) electrons. The number of benzene rings is 1. The van der Waals surface area contributed by atoms with Gasteiger partial charge in [-0.25, -0.2) is 0 Å². The van der Waals surface area contributed by atoms with Gasteiger partial charge in [0.25, 0.3) is 0 Å². The molecular weight excluding hydrogens is 459 g/mol. The number of azo groups is 1. The summed E-state index contributed by atoms with van der Waals surface area (Å²) in [5, 5.41) is 22.7. The zero-order valence-electron chi connectivity index (χ0n) is 18.0. The van der Waals surface area contributed by atoms with Gasteiger partial charge in [0.15, 0.2) is 5.69 Å². The van der Waals surface area contributed by atoms with Gasteiger partial charge in [-0.3, -0.25) is 9.47 Å². The predicted octanol–water partition coefficient (Wildman–Crippen LogP) is 4.83. The highest BCUT2D eigenvalue weighted by atomic mass is 32.1. The number of alkyl halides is 3. The van der Waals surface area contributed by atoms with E-state index in [0.717, 1.165) is 25.7 Å². The molecule has 1 saturated heterocycles. The van der Waals surface area contributed by atoms with Crippen LogP contribution in [0.5, 0.6) is 11.6 Å². The van der Waals surface area contributed by atoms with Crippen LogP contribution in [0.3, 0.4) is 0 Å². The molecule has 0 spiro atoms. The summed E-state index contributed by atoms with van der Waals surface area (Å²) in [6.07, 6.45) is 0.602. The van der Waals surface area contributed by atoms with Gasteiger partial charge in [-0.1, -0.05) is 19.3 Å². The van der Waals surface area contributed by atoms with E-state index in [1.54, 1.807) is 4.57 Å². The maximum Gasteiger partial charge on any atom is 0.573 e. The van der Waals surface area contributed by atoms with Crippen molar-refractivity contribution in [3.63, 3.8) is 0 Å². The lowest BCUT2D eigenvalue weighted by Gasteiger charge is -2.27. The summed E-state index contributed by atoms with van der Waals surface area (Å²) in [5.41, 5.74) is 0.548. The molecule has 0 bridgehead atoms. The number of fused-ring (bicyclic) bond motifs is 1. The number of halogens is 3. The lowest BCUT2D eigenvalue weighted by molar-refractivity contribution is -0.274. The summed E-state index contributed by atoms with van der Waals surface area (Å²) in [5.74, 6) is -0.609. The van der Waals surface area contributed by atoms with Crippen molar-refractivity contribution in [2.24, 2.45) is 10.2 Å². The van der Waals surface area contributed by atoms with E-state index in [1.165, 1.54) is 24.6 Å². The number of aromatic hydroxyl groups is 1. The molecule has 1 aliphatic heterocycles. The van der Waals surface area contributed by atoms with Crippen LogP contribution in [-0.2, 0) is 11.4 Å². The summed E-state index contributed by atoms with van der Waals surface area (Å²) < 4.78 is 49.3. The minimum atomic E-state index is -4.83. The summed E-state index contributed by atoms with van der Waals surface area (Å²) in [6.45, 7) is 2.79. The van der Waals surface area contributed by atoms with Gasteiger partial charge in [0.2, 0.25) is 11.0 Å². The fraction of sp³-hybridized carbons (Fsp3) is 0.571. The molecule has 8 nitrogen and oxygen atoms in total. The molecule has 0 unspecified atom stereocenters. The Morgan fingerprint density at radius 2 is 1.94 bits per heavy atom. The summed E-state index contributed by atoms with van der Waals surface area (Å²) in [7, 11) is 0. The number of morpholine rings is 1. The highest BCUT2D eigenvalue weighted by Gasteiger charge is 2.31. The first-order chi connectivity index (χ1) is 15.8. The van der Waals surface area contributed by atoms with Crippen LogP contribution in [0.25, 0.3) is 10.9 Å². The van der Waals surface area contributed by atoms with Crippen LogP contribution in [0, 0.1) is 0 Å². The monoisotopic (exact) mass is 485 g/mol. The highest BCUT2D eigenvalue weighted by molar-refractivity contribution is 7.80. The van der Waals surface area contributed by atoms with Gasteiger partial charge in [0, 0.05) is 24.5 Å². The molecule has 2 heterocycles. The molecule has 4 rings (SSSR count). The normalized spacial score (nSPS) is 18.8. The third kappa shape index (κ3) is 6.12. The highest BCUT2D eigenvalue weighted by Crippen LogP contribution is 2.41. The van der Waals surface area contributed by atoms with Gasteiger partial charge in [-0.05, 0) is 43.3 Å². The van der Waals surface area contributed by atoms with E-state index in [9.17, 15) is 18.3 Å². The molecule has 1 aromatic heterocycles.